The predicted molar refractivity (Wildman–Crippen MR) is 69.5 cm³/mol. The lowest BCUT2D eigenvalue weighted by Gasteiger charge is -2.31. The van der Waals surface area contributed by atoms with Gasteiger partial charge in [-0.05, 0) is 30.7 Å². The van der Waals surface area contributed by atoms with E-state index in [1.54, 1.807) is 18.2 Å². The summed E-state index contributed by atoms with van der Waals surface area (Å²) in [5, 5.41) is 9.40. The standard InChI is InChI=1S/C13H14ClNO4/c1-8-4-9(6-10(14)5-8)12(16)15-2-3-19-11(7-15)13(17)18/h4-6,11H,2-3,7H2,1H3,(H,17,18)/t11-/m1/s1. The van der Waals surface area contributed by atoms with Crippen LogP contribution in [0.1, 0.15) is 15.9 Å². The Morgan fingerprint density at radius 2 is 2.16 bits per heavy atom. The molecule has 1 aliphatic rings. The second kappa shape index (κ2) is 5.59. The maximum atomic E-state index is 12.3. The van der Waals surface area contributed by atoms with E-state index in [0.717, 1.165) is 5.56 Å². The summed E-state index contributed by atoms with van der Waals surface area (Å²) in [5.41, 5.74) is 1.36. The van der Waals surface area contributed by atoms with Crippen molar-refractivity contribution < 1.29 is 19.4 Å². The number of nitrogens with zero attached hydrogens (tertiary/aromatic N) is 1. The Labute approximate surface area is 115 Å². The van der Waals surface area contributed by atoms with Gasteiger partial charge in [-0.25, -0.2) is 4.79 Å². The number of aliphatic carboxylic acids is 1. The van der Waals surface area contributed by atoms with Crippen molar-refractivity contribution in [2.75, 3.05) is 19.7 Å². The zero-order valence-corrected chi connectivity index (χ0v) is 11.2. The van der Waals surface area contributed by atoms with Gasteiger partial charge in [0.2, 0.25) is 0 Å². The molecule has 1 N–H and O–H groups in total. The number of amides is 1. The minimum absolute atomic E-state index is 0.0553. The minimum Gasteiger partial charge on any atom is -0.479 e. The van der Waals surface area contributed by atoms with Gasteiger partial charge in [0.15, 0.2) is 6.10 Å². The predicted octanol–water partition coefficient (Wildman–Crippen LogP) is 1.57. The molecule has 0 unspecified atom stereocenters. The molecule has 0 bridgehead atoms. The molecule has 6 heteroatoms. The molecule has 5 nitrogen and oxygen atoms in total. The zero-order valence-electron chi connectivity index (χ0n) is 10.4. The number of carbonyl (C=O) groups excluding carboxylic acids is 1. The van der Waals surface area contributed by atoms with Crippen LogP contribution in [0.3, 0.4) is 0 Å². The molecule has 0 saturated carbocycles. The van der Waals surface area contributed by atoms with Crippen molar-refractivity contribution in [3.8, 4) is 0 Å². The van der Waals surface area contributed by atoms with Crippen LogP contribution in [0.4, 0.5) is 0 Å². The van der Waals surface area contributed by atoms with Gasteiger partial charge in [0.05, 0.1) is 13.2 Å². The number of hydrogen-bond donors (Lipinski definition) is 1. The molecule has 1 aromatic carbocycles. The molecule has 1 atom stereocenters. The van der Waals surface area contributed by atoms with Gasteiger partial charge in [-0.3, -0.25) is 4.79 Å². The van der Waals surface area contributed by atoms with Crippen molar-refractivity contribution in [2.24, 2.45) is 0 Å². The fraction of sp³-hybridized carbons (Fsp3) is 0.385. The molecule has 1 aliphatic heterocycles. The van der Waals surface area contributed by atoms with Crippen LogP contribution in [0.5, 0.6) is 0 Å². The summed E-state index contributed by atoms with van der Waals surface area (Å²) < 4.78 is 5.08. The SMILES string of the molecule is Cc1cc(Cl)cc(C(=O)N2CCO[C@@H](C(=O)O)C2)c1. The van der Waals surface area contributed by atoms with Crippen LogP contribution in [0.2, 0.25) is 5.02 Å². The number of rotatable bonds is 2. The summed E-state index contributed by atoms with van der Waals surface area (Å²) >= 11 is 5.92. The monoisotopic (exact) mass is 283 g/mol. The lowest BCUT2D eigenvalue weighted by atomic mass is 10.1. The minimum atomic E-state index is -1.06. The number of halogens is 1. The van der Waals surface area contributed by atoms with Crippen LogP contribution in [0.15, 0.2) is 18.2 Å². The Morgan fingerprint density at radius 1 is 1.42 bits per heavy atom. The molecular formula is C13H14ClNO4. The number of ether oxygens (including phenoxy) is 1. The van der Waals surface area contributed by atoms with E-state index in [9.17, 15) is 9.59 Å². The highest BCUT2D eigenvalue weighted by Gasteiger charge is 2.29. The summed E-state index contributed by atoms with van der Waals surface area (Å²) in [4.78, 5) is 24.7. The van der Waals surface area contributed by atoms with E-state index < -0.39 is 12.1 Å². The third-order valence-electron chi connectivity index (χ3n) is 2.92. The van der Waals surface area contributed by atoms with Crippen LogP contribution in [0, 0.1) is 6.92 Å². The molecule has 1 saturated heterocycles. The van der Waals surface area contributed by atoms with Gasteiger partial charge in [-0.2, -0.15) is 0 Å². The van der Waals surface area contributed by atoms with Gasteiger partial charge in [-0.15, -0.1) is 0 Å². The molecule has 0 spiro atoms. The van der Waals surface area contributed by atoms with Crippen molar-refractivity contribution in [3.63, 3.8) is 0 Å². The van der Waals surface area contributed by atoms with Gasteiger partial charge >= 0.3 is 5.97 Å². The van der Waals surface area contributed by atoms with E-state index in [1.807, 2.05) is 6.92 Å². The van der Waals surface area contributed by atoms with Crippen LogP contribution < -0.4 is 0 Å². The molecule has 1 aromatic rings. The number of carboxylic acids is 1. The number of morpholine rings is 1. The Hall–Kier alpha value is -1.59. The van der Waals surface area contributed by atoms with Crippen molar-refractivity contribution in [2.45, 2.75) is 13.0 Å². The molecule has 19 heavy (non-hydrogen) atoms. The van der Waals surface area contributed by atoms with Crippen molar-refractivity contribution in [1.82, 2.24) is 4.90 Å². The summed E-state index contributed by atoms with van der Waals surface area (Å²) in [5.74, 6) is -1.28. The Balaban J connectivity index is 2.16. The first-order chi connectivity index (χ1) is 8.97. The van der Waals surface area contributed by atoms with E-state index in [0.29, 0.717) is 17.1 Å². The number of carboxylic acid groups (broad SMARTS) is 1. The number of benzene rings is 1. The summed E-state index contributed by atoms with van der Waals surface area (Å²) in [6.45, 7) is 2.51. The van der Waals surface area contributed by atoms with E-state index in [1.165, 1.54) is 4.90 Å². The first kappa shape index (κ1) is 13.8. The Bertz CT molecular complexity index is 497. The van der Waals surface area contributed by atoms with Crippen LogP contribution >= 0.6 is 11.6 Å². The van der Waals surface area contributed by atoms with E-state index in [4.69, 9.17) is 21.4 Å². The lowest BCUT2D eigenvalue weighted by molar-refractivity contribution is -0.154. The Kier molecular flexibility index (Phi) is 4.07. The molecule has 1 amide bonds. The summed E-state index contributed by atoms with van der Waals surface area (Å²) in [6, 6.07) is 5.08. The van der Waals surface area contributed by atoms with Crippen molar-refractivity contribution in [1.29, 1.82) is 0 Å². The van der Waals surface area contributed by atoms with Gasteiger partial charge < -0.3 is 14.7 Å². The molecule has 1 heterocycles. The second-order valence-electron chi connectivity index (χ2n) is 4.47. The van der Waals surface area contributed by atoms with Crippen LogP contribution in [-0.4, -0.2) is 47.7 Å². The van der Waals surface area contributed by atoms with Gasteiger partial charge in [-0.1, -0.05) is 11.6 Å². The molecule has 2 rings (SSSR count). The van der Waals surface area contributed by atoms with Gasteiger partial charge in [0.1, 0.15) is 0 Å². The normalized spacial score (nSPS) is 19.3. The quantitative estimate of drug-likeness (QED) is 0.895. The fourth-order valence-electron chi connectivity index (χ4n) is 2.03. The average Bonchev–Trinajstić information content (AvgIpc) is 2.37. The van der Waals surface area contributed by atoms with E-state index in [-0.39, 0.29) is 19.1 Å². The largest absolute Gasteiger partial charge is 0.479 e. The molecule has 0 aliphatic carbocycles. The van der Waals surface area contributed by atoms with Crippen LogP contribution in [0.25, 0.3) is 0 Å². The van der Waals surface area contributed by atoms with Crippen LogP contribution in [-0.2, 0) is 9.53 Å². The average molecular weight is 284 g/mol. The molecule has 0 radical (unpaired) electrons. The first-order valence-electron chi connectivity index (χ1n) is 5.88. The topological polar surface area (TPSA) is 66.8 Å². The number of hydrogen-bond acceptors (Lipinski definition) is 3. The second-order valence-corrected chi connectivity index (χ2v) is 4.90. The fourth-order valence-corrected chi connectivity index (χ4v) is 2.32. The highest BCUT2D eigenvalue weighted by Crippen LogP contribution is 2.17. The molecule has 1 fully saturated rings. The maximum absolute atomic E-state index is 12.3. The molecular weight excluding hydrogens is 270 g/mol. The van der Waals surface area contributed by atoms with E-state index >= 15 is 0 Å². The zero-order chi connectivity index (χ0) is 14.0. The van der Waals surface area contributed by atoms with Crippen molar-refractivity contribution in [3.05, 3.63) is 34.3 Å². The lowest BCUT2D eigenvalue weighted by Crippen LogP contribution is -2.48. The van der Waals surface area contributed by atoms with Crippen molar-refractivity contribution >= 4 is 23.5 Å². The Morgan fingerprint density at radius 3 is 2.79 bits per heavy atom. The third kappa shape index (κ3) is 3.24. The van der Waals surface area contributed by atoms with Gasteiger partial charge in [0, 0.05) is 17.1 Å². The molecule has 102 valence electrons. The highest BCUT2D eigenvalue weighted by molar-refractivity contribution is 6.31. The number of aryl methyl sites for hydroxylation is 1. The van der Waals surface area contributed by atoms with E-state index in [2.05, 4.69) is 0 Å². The summed E-state index contributed by atoms with van der Waals surface area (Å²) in [6.07, 6.45) is -0.960. The summed E-state index contributed by atoms with van der Waals surface area (Å²) in [7, 11) is 0. The number of carbonyl (C=O) groups is 2. The maximum Gasteiger partial charge on any atom is 0.334 e. The smallest absolute Gasteiger partial charge is 0.334 e. The third-order valence-corrected chi connectivity index (χ3v) is 3.14. The molecule has 0 aromatic heterocycles. The van der Waals surface area contributed by atoms with Gasteiger partial charge in [0.25, 0.3) is 5.91 Å². The first-order valence-corrected chi connectivity index (χ1v) is 6.26. The highest BCUT2D eigenvalue weighted by atomic mass is 35.5.